The zero-order valence-corrected chi connectivity index (χ0v) is 13.7. The Balaban J connectivity index is 2.04. The van der Waals surface area contributed by atoms with Gasteiger partial charge in [-0.05, 0) is 36.2 Å². The molecule has 0 saturated heterocycles. The van der Waals surface area contributed by atoms with E-state index in [1.807, 2.05) is 12.1 Å². The van der Waals surface area contributed by atoms with Gasteiger partial charge in [-0.3, -0.25) is 0 Å². The summed E-state index contributed by atoms with van der Waals surface area (Å²) in [6.07, 6.45) is 1.96. The standard InChI is InChI=1S/C23H19N/c1-3-21-17(2)24(20-12-8-5-9-13-20)23-16-19(14-15-22(21)23)18-10-6-4-7-11-18/h3-16H,1H2,2H3. The Hall–Kier alpha value is -3.06. The van der Waals surface area contributed by atoms with Crippen LogP contribution in [0.2, 0.25) is 0 Å². The minimum absolute atomic E-state index is 1.18. The van der Waals surface area contributed by atoms with Gasteiger partial charge in [-0.2, -0.15) is 0 Å². The third-order valence-corrected chi connectivity index (χ3v) is 4.58. The molecule has 4 rings (SSSR count). The lowest BCUT2D eigenvalue weighted by molar-refractivity contribution is 1.05. The van der Waals surface area contributed by atoms with E-state index < -0.39 is 0 Å². The summed E-state index contributed by atoms with van der Waals surface area (Å²) in [7, 11) is 0. The molecule has 1 aromatic heterocycles. The largest absolute Gasteiger partial charge is 0.313 e. The van der Waals surface area contributed by atoms with Crippen molar-refractivity contribution in [2.45, 2.75) is 6.92 Å². The summed E-state index contributed by atoms with van der Waals surface area (Å²) in [5, 5.41) is 1.24. The van der Waals surface area contributed by atoms with E-state index in [-0.39, 0.29) is 0 Å². The molecule has 1 heteroatoms. The highest BCUT2D eigenvalue weighted by Crippen LogP contribution is 2.33. The zero-order valence-electron chi connectivity index (χ0n) is 13.7. The van der Waals surface area contributed by atoms with Crippen molar-refractivity contribution in [1.82, 2.24) is 4.57 Å². The van der Waals surface area contributed by atoms with Crippen LogP contribution in [0.15, 0.2) is 85.4 Å². The summed E-state index contributed by atoms with van der Waals surface area (Å²) in [6, 6.07) is 27.7. The smallest absolute Gasteiger partial charge is 0.0543 e. The number of benzene rings is 3. The predicted octanol–water partition coefficient (Wildman–Crippen LogP) is 6.25. The van der Waals surface area contributed by atoms with Gasteiger partial charge in [-0.15, -0.1) is 0 Å². The highest BCUT2D eigenvalue weighted by Gasteiger charge is 2.14. The molecular formula is C23H19N. The van der Waals surface area contributed by atoms with E-state index in [2.05, 4.69) is 90.9 Å². The Bertz CT molecular complexity index is 1010. The molecule has 0 saturated carbocycles. The molecule has 0 radical (unpaired) electrons. The van der Waals surface area contributed by atoms with Crippen LogP contribution in [0.1, 0.15) is 11.3 Å². The Labute approximate surface area is 142 Å². The molecule has 24 heavy (non-hydrogen) atoms. The summed E-state index contributed by atoms with van der Waals surface area (Å²) < 4.78 is 2.32. The van der Waals surface area contributed by atoms with E-state index in [4.69, 9.17) is 0 Å². The second-order valence-corrected chi connectivity index (χ2v) is 5.97. The first-order valence-electron chi connectivity index (χ1n) is 8.18. The first-order valence-corrected chi connectivity index (χ1v) is 8.18. The molecule has 0 aliphatic heterocycles. The molecule has 0 unspecified atom stereocenters. The highest BCUT2D eigenvalue weighted by atomic mass is 15.0. The average molecular weight is 309 g/mol. The van der Waals surface area contributed by atoms with Gasteiger partial charge in [-0.1, -0.05) is 73.3 Å². The average Bonchev–Trinajstić information content (AvgIpc) is 2.93. The van der Waals surface area contributed by atoms with Crippen LogP contribution in [0.3, 0.4) is 0 Å². The van der Waals surface area contributed by atoms with Gasteiger partial charge in [0, 0.05) is 22.3 Å². The monoisotopic (exact) mass is 309 g/mol. The van der Waals surface area contributed by atoms with Crippen molar-refractivity contribution >= 4 is 17.0 Å². The normalized spacial score (nSPS) is 10.9. The van der Waals surface area contributed by atoms with Crippen LogP contribution in [-0.2, 0) is 0 Å². The zero-order chi connectivity index (χ0) is 16.5. The van der Waals surface area contributed by atoms with Gasteiger partial charge in [0.1, 0.15) is 0 Å². The first-order chi connectivity index (χ1) is 11.8. The van der Waals surface area contributed by atoms with E-state index in [9.17, 15) is 0 Å². The number of fused-ring (bicyclic) bond motifs is 1. The minimum Gasteiger partial charge on any atom is -0.313 e. The molecule has 0 aliphatic carbocycles. The van der Waals surface area contributed by atoms with Crippen LogP contribution in [0.5, 0.6) is 0 Å². The number of aromatic nitrogens is 1. The van der Waals surface area contributed by atoms with E-state index in [0.717, 1.165) is 0 Å². The fourth-order valence-corrected chi connectivity index (χ4v) is 3.42. The Morgan fingerprint density at radius 2 is 1.46 bits per heavy atom. The first kappa shape index (κ1) is 14.5. The molecule has 0 amide bonds. The molecule has 0 spiro atoms. The van der Waals surface area contributed by atoms with Crippen LogP contribution in [0.25, 0.3) is 33.8 Å². The molecule has 4 aromatic rings. The molecule has 3 aromatic carbocycles. The fraction of sp³-hybridized carbons (Fsp3) is 0.0435. The summed E-state index contributed by atoms with van der Waals surface area (Å²) in [5.74, 6) is 0. The van der Waals surface area contributed by atoms with Crippen molar-refractivity contribution in [3.63, 3.8) is 0 Å². The summed E-state index contributed by atoms with van der Waals surface area (Å²) in [6.45, 7) is 6.18. The molecule has 0 N–H and O–H groups in total. The van der Waals surface area contributed by atoms with Gasteiger partial charge in [0.2, 0.25) is 0 Å². The summed E-state index contributed by atoms with van der Waals surface area (Å²) in [5.41, 5.74) is 7.28. The van der Waals surface area contributed by atoms with Crippen molar-refractivity contribution in [2.24, 2.45) is 0 Å². The Morgan fingerprint density at radius 3 is 2.12 bits per heavy atom. The third kappa shape index (κ3) is 2.26. The maximum absolute atomic E-state index is 4.02. The van der Waals surface area contributed by atoms with E-state index >= 15 is 0 Å². The number of nitrogens with zero attached hydrogens (tertiary/aromatic N) is 1. The lowest BCUT2D eigenvalue weighted by Crippen LogP contribution is -1.96. The molecule has 1 heterocycles. The van der Waals surface area contributed by atoms with Crippen LogP contribution in [-0.4, -0.2) is 4.57 Å². The second-order valence-electron chi connectivity index (χ2n) is 5.97. The number of hydrogen-bond acceptors (Lipinski definition) is 0. The van der Waals surface area contributed by atoms with E-state index in [0.29, 0.717) is 0 Å². The fourth-order valence-electron chi connectivity index (χ4n) is 3.42. The maximum Gasteiger partial charge on any atom is 0.0543 e. The van der Waals surface area contributed by atoms with Crippen LogP contribution >= 0.6 is 0 Å². The highest BCUT2D eigenvalue weighted by molar-refractivity contribution is 5.95. The molecule has 116 valence electrons. The molecule has 0 atom stereocenters. The second kappa shape index (κ2) is 5.86. The topological polar surface area (TPSA) is 4.93 Å². The number of hydrogen-bond donors (Lipinski definition) is 0. The third-order valence-electron chi connectivity index (χ3n) is 4.58. The lowest BCUT2D eigenvalue weighted by atomic mass is 10.0. The van der Waals surface area contributed by atoms with Gasteiger partial charge in [-0.25, -0.2) is 0 Å². The van der Waals surface area contributed by atoms with Crippen LogP contribution in [0.4, 0.5) is 0 Å². The lowest BCUT2D eigenvalue weighted by Gasteiger charge is -2.09. The van der Waals surface area contributed by atoms with Gasteiger partial charge in [0.25, 0.3) is 0 Å². The minimum atomic E-state index is 1.18. The van der Waals surface area contributed by atoms with E-state index in [1.54, 1.807) is 0 Å². The van der Waals surface area contributed by atoms with Crippen molar-refractivity contribution in [1.29, 1.82) is 0 Å². The Morgan fingerprint density at radius 1 is 0.792 bits per heavy atom. The van der Waals surface area contributed by atoms with Gasteiger partial charge in [0.15, 0.2) is 0 Å². The number of rotatable bonds is 3. The SMILES string of the molecule is C=Cc1c(C)n(-c2ccccc2)c2cc(-c3ccccc3)ccc12. The van der Waals surface area contributed by atoms with Crippen molar-refractivity contribution in [3.8, 4) is 16.8 Å². The quantitative estimate of drug-likeness (QED) is 0.421. The van der Waals surface area contributed by atoms with Crippen molar-refractivity contribution in [2.75, 3.05) is 0 Å². The van der Waals surface area contributed by atoms with Crippen molar-refractivity contribution < 1.29 is 0 Å². The summed E-state index contributed by atoms with van der Waals surface area (Å²) >= 11 is 0. The van der Waals surface area contributed by atoms with E-state index in [1.165, 1.54) is 39.0 Å². The molecule has 0 bridgehead atoms. The Kier molecular flexibility index (Phi) is 3.55. The molecule has 0 aliphatic rings. The van der Waals surface area contributed by atoms with Gasteiger partial charge >= 0.3 is 0 Å². The van der Waals surface area contributed by atoms with Crippen molar-refractivity contribution in [3.05, 3.63) is 96.7 Å². The van der Waals surface area contributed by atoms with Gasteiger partial charge in [0.05, 0.1) is 5.52 Å². The molecule has 0 fully saturated rings. The molecular weight excluding hydrogens is 290 g/mol. The predicted molar refractivity (Wildman–Crippen MR) is 104 cm³/mol. The number of para-hydroxylation sites is 1. The van der Waals surface area contributed by atoms with Crippen LogP contribution in [0, 0.1) is 6.92 Å². The maximum atomic E-state index is 4.02. The molecule has 1 nitrogen and oxygen atoms in total. The summed E-state index contributed by atoms with van der Waals surface area (Å²) in [4.78, 5) is 0. The van der Waals surface area contributed by atoms with Crippen LogP contribution < -0.4 is 0 Å². The van der Waals surface area contributed by atoms with Gasteiger partial charge < -0.3 is 4.57 Å².